The lowest BCUT2D eigenvalue weighted by Gasteiger charge is -2.35. The molecule has 1 aliphatic carbocycles. The third-order valence-electron chi connectivity index (χ3n) is 15.5. The van der Waals surface area contributed by atoms with E-state index in [-0.39, 0.29) is 0 Å². The molecule has 0 radical (unpaired) electrons. The summed E-state index contributed by atoms with van der Waals surface area (Å²) >= 11 is 0. The molecular formula is C73H49N. The van der Waals surface area contributed by atoms with Crippen molar-refractivity contribution in [1.82, 2.24) is 0 Å². The first kappa shape index (κ1) is 43.2. The fourth-order valence-corrected chi connectivity index (χ4v) is 12.3. The van der Waals surface area contributed by atoms with Crippen molar-refractivity contribution in [1.29, 1.82) is 0 Å². The van der Waals surface area contributed by atoms with Gasteiger partial charge in [-0.05, 0) is 141 Å². The predicted molar refractivity (Wildman–Crippen MR) is 313 cm³/mol. The van der Waals surface area contributed by atoms with Crippen molar-refractivity contribution < 1.29 is 0 Å². The van der Waals surface area contributed by atoms with Crippen molar-refractivity contribution in [3.63, 3.8) is 0 Å². The molecule has 0 unspecified atom stereocenters. The molecule has 0 saturated carbocycles. The second-order valence-corrected chi connectivity index (χ2v) is 19.5. The molecule has 0 fully saturated rings. The Kier molecular flexibility index (Phi) is 10.5. The zero-order chi connectivity index (χ0) is 49.0. The largest absolute Gasteiger partial charge is 0.310 e. The average Bonchev–Trinajstić information content (AvgIpc) is 3.78. The zero-order valence-corrected chi connectivity index (χ0v) is 40.7. The predicted octanol–water partition coefficient (Wildman–Crippen LogP) is 19.6. The maximum Gasteiger partial charge on any atom is 0.0714 e. The van der Waals surface area contributed by atoms with Crippen molar-refractivity contribution >= 4 is 49.4 Å². The highest BCUT2D eigenvalue weighted by atomic mass is 15.1. The summed E-state index contributed by atoms with van der Waals surface area (Å²) in [5, 5.41) is 7.43. The van der Waals surface area contributed by atoms with Crippen LogP contribution in [0.15, 0.2) is 297 Å². The van der Waals surface area contributed by atoms with Gasteiger partial charge in [-0.15, -0.1) is 0 Å². The fraction of sp³-hybridized carbons (Fsp3) is 0.0137. The lowest BCUT2D eigenvalue weighted by atomic mass is 9.67. The van der Waals surface area contributed by atoms with Crippen LogP contribution < -0.4 is 4.90 Å². The van der Waals surface area contributed by atoms with Gasteiger partial charge in [0.1, 0.15) is 0 Å². The van der Waals surface area contributed by atoms with Crippen LogP contribution in [-0.4, -0.2) is 0 Å². The molecule has 0 heterocycles. The molecule has 0 saturated heterocycles. The molecule has 1 nitrogen and oxygen atoms in total. The Balaban J connectivity index is 1.02. The van der Waals surface area contributed by atoms with Crippen molar-refractivity contribution in [2.45, 2.75) is 5.41 Å². The number of nitrogens with zero attached hydrogens (tertiary/aromatic N) is 1. The summed E-state index contributed by atoms with van der Waals surface area (Å²) in [5.74, 6) is 0. The van der Waals surface area contributed by atoms with Gasteiger partial charge in [-0.3, -0.25) is 0 Å². The quantitative estimate of drug-likeness (QED) is 0.130. The lowest BCUT2D eigenvalue weighted by Crippen LogP contribution is -2.28. The highest BCUT2D eigenvalue weighted by Crippen LogP contribution is 2.58. The van der Waals surface area contributed by atoms with Crippen LogP contribution in [0.5, 0.6) is 0 Å². The second-order valence-electron chi connectivity index (χ2n) is 19.5. The van der Waals surface area contributed by atoms with Gasteiger partial charge in [0.15, 0.2) is 0 Å². The second kappa shape index (κ2) is 17.9. The maximum atomic E-state index is 2.49. The van der Waals surface area contributed by atoms with E-state index in [1.807, 2.05) is 0 Å². The van der Waals surface area contributed by atoms with Gasteiger partial charge >= 0.3 is 0 Å². The number of fused-ring (bicyclic) bond motifs is 7. The number of para-hydroxylation sites is 1. The molecule has 13 aromatic carbocycles. The van der Waals surface area contributed by atoms with Crippen molar-refractivity contribution in [2.75, 3.05) is 4.90 Å². The summed E-state index contributed by atoms with van der Waals surface area (Å²) in [6.45, 7) is 0. The molecule has 13 aromatic rings. The first-order valence-corrected chi connectivity index (χ1v) is 25.7. The van der Waals surface area contributed by atoms with Gasteiger partial charge in [0, 0.05) is 16.9 Å². The summed E-state index contributed by atoms with van der Waals surface area (Å²) in [6, 6.07) is 110. The van der Waals surface area contributed by atoms with Crippen molar-refractivity contribution in [3.8, 4) is 55.6 Å². The van der Waals surface area contributed by atoms with Gasteiger partial charge < -0.3 is 4.90 Å². The summed E-state index contributed by atoms with van der Waals surface area (Å²) in [7, 11) is 0. The Morgan fingerprint density at radius 3 is 1.43 bits per heavy atom. The number of hydrogen-bond acceptors (Lipinski definition) is 1. The molecular weight excluding hydrogens is 891 g/mol. The molecule has 0 aliphatic heterocycles. The molecule has 14 rings (SSSR count). The standard InChI is InChI=1S/C73H49N/c1-5-23-52(24-6-1)71-66-36-16-15-34-62(66)63-46-42-54(48-67(63)72(71)53-25-7-2-8-26-53)61-33-18-20-39-70(61)74(57-43-40-51(41-44-57)60-37-21-27-50-22-13-14-32-59(50)60)58-45-47-65-64-35-17-19-38-68(64)73(69(65)49-58,55-28-9-3-10-29-55)56-30-11-4-12-31-56/h1-49H. The molecule has 0 bridgehead atoms. The highest BCUT2D eigenvalue weighted by molar-refractivity contribution is 6.22. The number of benzene rings is 13. The van der Waals surface area contributed by atoms with E-state index in [4.69, 9.17) is 0 Å². The van der Waals surface area contributed by atoms with Crippen molar-refractivity contribution in [2.24, 2.45) is 0 Å². The van der Waals surface area contributed by atoms with Crippen LogP contribution in [0.25, 0.3) is 88.0 Å². The van der Waals surface area contributed by atoms with E-state index < -0.39 is 5.41 Å². The molecule has 0 amide bonds. The summed E-state index contributed by atoms with van der Waals surface area (Å²) in [6.07, 6.45) is 0. The van der Waals surface area contributed by atoms with E-state index in [1.54, 1.807) is 0 Å². The minimum Gasteiger partial charge on any atom is -0.310 e. The SMILES string of the molecule is c1ccc(-c2c(-c3ccccc3)c3cc(-c4ccccc4N(c4ccc(-c5cccc6ccccc56)cc4)c4ccc5c(c4)C(c4ccccc4)(c4ccccc4)c4ccccc4-5)ccc3c3ccccc23)cc1. The van der Waals surface area contributed by atoms with E-state index in [0.717, 1.165) is 28.2 Å². The Bertz CT molecular complexity index is 4170. The first-order chi connectivity index (χ1) is 36.7. The van der Waals surface area contributed by atoms with Gasteiger partial charge in [-0.1, -0.05) is 261 Å². The van der Waals surface area contributed by atoms with E-state index in [2.05, 4.69) is 302 Å². The van der Waals surface area contributed by atoms with E-state index in [1.165, 1.54) is 99.1 Å². The monoisotopic (exact) mass is 939 g/mol. The van der Waals surface area contributed by atoms with Crippen LogP contribution in [0.1, 0.15) is 22.3 Å². The number of rotatable bonds is 9. The van der Waals surface area contributed by atoms with Gasteiger partial charge in [-0.25, -0.2) is 0 Å². The van der Waals surface area contributed by atoms with Crippen LogP contribution in [0.2, 0.25) is 0 Å². The van der Waals surface area contributed by atoms with Crippen LogP contribution >= 0.6 is 0 Å². The smallest absolute Gasteiger partial charge is 0.0714 e. The molecule has 0 atom stereocenters. The Morgan fingerprint density at radius 2 is 0.730 bits per heavy atom. The van der Waals surface area contributed by atoms with E-state index in [9.17, 15) is 0 Å². The number of anilines is 3. The topological polar surface area (TPSA) is 3.24 Å². The van der Waals surface area contributed by atoms with Crippen LogP contribution in [0.3, 0.4) is 0 Å². The molecule has 0 spiro atoms. The third-order valence-corrected chi connectivity index (χ3v) is 15.5. The molecule has 0 N–H and O–H groups in total. The fourth-order valence-electron chi connectivity index (χ4n) is 12.3. The Hall–Kier alpha value is -9.56. The van der Waals surface area contributed by atoms with E-state index in [0.29, 0.717) is 0 Å². The van der Waals surface area contributed by atoms with Crippen LogP contribution in [0, 0.1) is 0 Å². The Morgan fingerprint density at radius 1 is 0.243 bits per heavy atom. The summed E-state index contributed by atoms with van der Waals surface area (Å²) < 4.78 is 0. The maximum absolute atomic E-state index is 2.49. The molecule has 346 valence electrons. The molecule has 1 heteroatoms. The minimum atomic E-state index is -0.556. The highest BCUT2D eigenvalue weighted by Gasteiger charge is 2.46. The lowest BCUT2D eigenvalue weighted by molar-refractivity contribution is 0.768. The summed E-state index contributed by atoms with van der Waals surface area (Å²) in [5.41, 5.74) is 19.8. The zero-order valence-electron chi connectivity index (χ0n) is 40.7. The number of hydrogen-bond donors (Lipinski definition) is 0. The van der Waals surface area contributed by atoms with Gasteiger partial charge in [0.2, 0.25) is 0 Å². The first-order valence-electron chi connectivity index (χ1n) is 25.7. The normalized spacial score (nSPS) is 12.4. The molecule has 0 aromatic heterocycles. The van der Waals surface area contributed by atoms with Gasteiger partial charge in [-0.2, -0.15) is 0 Å². The van der Waals surface area contributed by atoms with E-state index >= 15 is 0 Å². The summed E-state index contributed by atoms with van der Waals surface area (Å²) in [4.78, 5) is 2.49. The Labute approximate surface area is 432 Å². The van der Waals surface area contributed by atoms with Gasteiger partial charge in [0.25, 0.3) is 0 Å². The van der Waals surface area contributed by atoms with Crippen LogP contribution in [-0.2, 0) is 5.41 Å². The van der Waals surface area contributed by atoms with Crippen molar-refractivity contribution in [3.05, 3.63) is 320 Å². The molecule has 1 aliphatic rings. The average molecular weight is 940 g/mol. The molecule has 74 heavy (non-hydrogen) atoms. The van der Waals surface area contributed by atoms with Crippen LogP contribution in [0.4, 0.5) is 17.1 Å². The minimum absolute atomic E-state index is 0.556. The third kappa shape index (κ3) is 6.93. The van der Waals surface area contributed by atoms with Gasteiger partial charge in [0.05, 0.1) is 11.1 Å².